The molecule has 0 bridgehead atoms. The average molecular weight is 477 g/mol. The minimum absolute atomic E-state index is 0.0567. The summed E-state index contributed by atoms with van der Waals surface area (Å²) in [6.45, 7) is 9.41. The standard InChI is InChI=1S/C26H33ClO6/c1-15(11-12-26(5)16(2)8-10-21(29)18(26)4)7-9-19-24(31)20(13-28)17(3)23(27)25(19)33-14-22(30)32-6/h7,11-13,16,18,31H,8-10,14H2,1-6H3/b12-11+,15-7+. The van der Waals surface area contributed by atoms with Gasteiger partial charge in [-0.05, 0) is 43.6 Å². The van der Waals surface area contributed by atoms with Crippen LogP contribution in [0, 0.1) is 24.2 Å². The fraction of sp³-hybridized carbons (Fsp3) is 0.500. The van der Waals surface area contributed by atoms with E-state index < -0.39 is 5.97 Å². The monoisotopic (exact) mass is 476 g/mol. The van der Waals surface area contributed by atoms with Crippen LogP contribution >= 0.6 is 11.6 Å². The molecular formula is C26H33ClO6. The van der Waals surface area contributed by atoms with Gasteiger partial charge in [-0.15, -0.1) is 0 Å². The number of methoxy groups -OCH3 is 1. The van der Waals surface area contributed by atoms with E-state index in [1.165, 1.54) is 7.11 Å². The molecule has 33 heavy (non-hydrogen) atoms. The Morgan fingerprint density at radius 3 is 2.61 bits per heavy atom. The van der Waals surface area contributed by atoms with Crippen molar-refractivity contribution >= 4 is 29.6 Å². The van der Waals surface area contributed by atoms with Crippen molar-refractivity contribution in [2.24, 2.45) is 17.3 Å². The van der Waals surface area contributed by atoms with E-state index >= 15 is 0 Å². The topological polar surface area (TPSA) is 89.9 Å². The lowest BCUT2D eigenvalue weighted by atomic mass is 9.61. The molecule has 0 saturated heterocycles. The third kappa shape index (κ3) is 5.67. The number of carbonyl (C=O) groups excluding carboxylic acids is 3. The zero-order valence-corrected chi connectivity index (χ0v) is 20.9. The Morgan fingerprint density at radius 2 is 2.00 bits per heavy atom. The second-order valence-corrected chi connectivity index (χ2v) is 9.35. The number of carbonyl (C=O) groups is 3. The Kier molecular flexibility index (Phi) is 8.89. The van der Waals surface area contributed by atoms with E-state index in [0.717, 1.165) is 12.0 Å². The molecule has 1 fully saturated rings. The van der Waals surface area contributed by atoms with E-state index in [0.29, 0.717) is 29.8 Å². The molecule has 1 saturated carbocycles. The van der Waals surface area contributed by atoms with Gasteiger partial charge in [0.2, 0.25) is 0 Å². The minimum atomic E-state index is -0.596. The summed E-state index contributed by atoms with van der Waals surface area (Å²) in [6.07, 6.45) is 8.22. The van der Waals surface area contributed by atoms with Crippen LogP contribution < -0.4 is 4.74 Å². The number of phenols is 1. The van der Waals surface area contributed by atoms with E-state index in [4.69, 9.17) is 16.3 Å². The zero-order chi connectivity index (χ0) is 24.9. The molecule has 0 heterocycles. The van der Waals surface area contributed by atoms with Crippen molar-refractivity contribution in [2.45, 2.75) is 53.9 Å². The first kappa shape index (κ1) is 26.7. The summed E-state index contributed by atoms with van der Waals surface area (Å²) in [7, 11) is 1.24. The molecule has 3 unspecified atom stereocenters. The zero-order valence-electron chi connectivity index (χ0n) is 20.2. The first-order valence-corrected chi connectivity index (χ1v) is 11.4. The lowest BCUT2D eigenvalue weighted by molar-refractivity contribution is -0.143. The highest BCUT2D eigenvalue weighted by atomic mass is 35.5. The first-order chi connectivity index (χ1) is 15.5. The average Bonchev–Trinajstić information content (AvgIpc) is 2.79. The lowest BCUT2D eigenvalue weighted by Crippen LogP contribution is -2.40. The van der Waals surface area contributed by atoms with Gasteiger partial charge in [0.1, 0.15) is 17.3 Å². The number of halogens is 1. The number of aromatic hydroxyl groups is 1. The SMILES string of the molecule is COC(=O)COc1c(Cl)c(C)c(C=O)c(O)c1C/C=C(C)/C=C/C1(C)C(C)CCC(=O)C1C. The summed E-state index contributed by atoms with van der Waals surface area (Å²) in [5, 5.41) is 10.9. The van der Waals surface area contributed by atoms with Crippen LogP contribution in [0.15, 0.2) is 23.8 Å². The van der Waals surface area contributed by atoms with Gasteiger partial charge in [-0.3, -0.25) is 9.59 Å². The minimum Gasteiger partial charge on any atom is -0.507 e. The molecule has 0 aromatic heterocycles. The molecule has 0 spiro atoms. The van der Waals surface area contributed by atoms with Gasteiger partial charge >= 0.3 is 5.97 Å². The molecule has 0 radical (unpaired) electrons. The summed E-state index contributed by atoms with van der Waals surface area (Å²) < 4.78 is 10.2. The Bertz CT molecular complexity index is 993. The van der Waals surface area contributed by atoms with E-state index in [-0.39, 0.29) is 52.2 Å². The fourth-order valence-electron chi connectivity index (χ4n) is 4.15. The van der Waals surface area contributed by atoms with Gasteiger partial charge in [-0.25, -0.2) is 4.79 Å². The van der Waals surface area contributed by atoms with Crippen LogP contribution in [0.2, 0.25) is 5.02 Å². The maximum atomic E-state index is 12.3. The Morgan fingerprint density at radius 1 is 1.33 bits per heavy atom. The maximum absolute atomic E-state index is 12.3. The Hall–Kier alpha value is -2.60. The second kappa shape index (κ2) is 11.0. The van der Waals surface area contributed by atoms with Crippen LogP contribution in [-0.2, 0) is 20.7 Å². The number of Topliss-reactive ketones (excluding diaryl/α,β-unsaturated/α-hetero) is 1. The predicted molar refractivity (Wildman–Crippen MR) is 128 cm³/mol. The summed E-state index contributed by atoms with van der Waals surface area (Å²) >= 11 is 6.41. The largest absolute Gasteiger partial charge is 0.507 e. The van der Waals surface area contributed by atoms with Crippen LogP contribution in [0.1, 0.15) is 62.0 Å². The van der Waals surface area contributed by atoms with Crippen LogP contribution in [0.3, 0.4) is 0 Å². The summed E-state index contributed by atoms with van der Waals surface area (Å²) in [5.74, 6) is -0.0762. The van der Waals surface area contributed by atoms with Gasteiger partial charge in [0.25, 0.3) is 0 Å². The Labute approximate surface area is 200 Å². The maximum Gasteiger partial charge on any atom is 0.343 e. The number of aldehydes is 1. The summed E-state index contributed by atoms with van der Waals surface area (Å²) in [6, 6.07) is 0. The van der Waals surface area contributed by atoms with E-state index in [1.54, 1.807) is 6.92 Å². The molecule has 1 aromatic carbocycles. The third-order valence-electron chi connectivity index (χ3n) is 7.06. The summed E-state index contributed by atoms with van der Waals surface area (Å²) in [4.78, 5) is 35.4. The molecule has 0 amide bonds. The quantitative estimate of drug-likeness (QED) is 0.306. The molecule has 1 aliphatic carbocycles. The van der Waals surface area contributed by atoms with Crippen molar-refractivity contribution in [1.29, 1.82) is 0 Å². The van der Waals surface area contributed by atoms with Gasteiger partial charge in [-0.1, -0.05) is 56.2 Å². The molecule has 3 atom stereocenters. The second-order valence-electron chi connectivity index (χ2n) is 8.97. The number of ether oxygens (including phenoxy) is 2. The number of benzene rings is 1. The molecule has 1 N–H and O–H groups in total. The number of rotatable bonds is 8. The smallest absolute Gasteiger partial charge is 0.343 e. The van der Waals surface area contributed by atoms with E-state index in [9.17, 15) is 19.5 Å². The molecule has 1 aliphatic rings. The van der Waals surface area contributed by atoms with Crippen molar-refractivity contribution in [3.63, 3.8) is 0 Å². The van der Waals surface area contributed by atoms with Gasteiger partial charge in [0.15, 0.2) is 12.9 Å². The molecule has 6 nitrogen and oxygen atoms in total. The number of allylic oxidation sites excluding steroid dienone is 4. The molecule has 2 rings (SSSR count). The highest BCUT2D eigenvalue weighted by Crippen LogP contribution is 2.45. The normalized spacial score (nSPS) is 23.6. The van der Waals surface area contributed by atoms with Crippen LogP contribution in [0.4, 0.5) is 0 Å². The van der Waals surface area contributed by atoms with Crippen LogP contribution in [0.25, 0.3) is 0 Å². The number of ketones is 1. The van der Waals surface area contributed by atoms with E-state index in [1.807, 2.05) is 26.0 Å². The highest BCUT2D eigenvalue weighted by molar-refractivity contribution is 6.33. The molecule has 7 heteroatoms. The van der Waals surface area contributed by atoms with Gasteiger partial charge < -0.3 is 14.6 Å². The Balaban J connectivity index is 2.37. The number of hydrogen-bond acceptors (Lipinski definition) is 6. The van der Waals surface area contributed by atoms with Crippen LogP contribution in [-0.4, -0.2) is 36.9 Å². The van der Waals surface area contributed by atoms with Gasteiger partial charge in [-0.2, -0.15) is 0 Å². The number of phenolic OH excluding ortho intramolecular Hbond substituents is 1. The van der Waals surface area contributed by atoms with Crippen molar-refractivity contribution in [3.8, 4) is 11.5 Å². The molecule has 180 valence electrons. The molecule has 1 aromatic rings. The van der Waals surface area contributed by atoms with Crippen LogP contribution in [0.5, 0.6) is 11.5 Å². The predicted octanol–water partition coefficient (Wildman–Crippen LogP) is 5.40. The number of esters is 1. The van der Waals surface area contributed by atoms with Crippen molar-refractivity contribution in [1.82, 2.24) is 0 Å². The van der Waals surface area contributed by atoms with Gasteiger partial charge in [0, 0.05) is 17.9 Å². The summed E-state index contributed by atoms with van der Waals surface area (Å²) in [5.41, 5.74) is 1.43. The van der Waals surface area contributed by atoms with Gasteiger partial charge in [0.05, 0.1) is 17.7 Å². The van der Waals surface area contributed by atoms with E-state index in [2.05, 4.69) is 24.7 Å². The lowest BCUT2D eigenvalue weighted by Gasteiger charge is -2.42. The third-order valence-corrected chi connectivity index (χ3v) is 7.52. The van der Waals surface area contributed by atoms with Crippen molar-refractivity contribution in [2.75, 3.05) is 13.7 Å². The molecular weight excluding hydrogens is 444 g/mol. The fourth-order valence-corrected chi connectivity index (χ4v) is 4.42. The van der Waals surface area contributed by atoms with Crippen molar-refractivity contribution < 1.29 is 29.0 Å². The first-order valence-electron chi connectivity index (χ1n) is 11.0. The highest BCUT2D eigenvalue weighted by Gasteiger charge is 2.41. The number of hydrogen-bond donors (Lipinski definition) is 1. The van der Waals surface area contributed by atoms with Crippen molar-refractivity contribution in [3.05, 3.63) is 45.5 Å². The molecule has 0 aliphatic heterocycles.